The fraction of sp³-hybridized carbons (Fsp3) is 0.364. The predicted octanol–water partition coefficient (Wildman–Crippen LogP) is 1.80. The van der Waals surface area contributed by atoms with Crippen LogP contribution in [0.4, 0.5) is 0 Å². The number of Topliss-reactive ketones (excluding diaryl/α,β-unsaturated/α-hetero) is 1. The molecule has 76 valence electrons. The summed E-state index contributed by atoms with van der Waals surface area (Å²) in [5.74, 6) is -0.145. The quantitative estimate of drug-likeness (QED) is 0.541. The summed E-state index contributed by atoms with van der Waals surface area (Å²) in [5.41, 5.74) is 1.57. The van der Waals surface area contributed by atoms with E-state index in [0.717, 1.165) is 5.56 Å². The summed E-state index contributed by atoms with van der Waals surface area (Å²) in [6, 6.07) is 7.36. The zero-order valence-electron chi connectivity index (χ0n) is 8.61. The second-order valence-corrected chi connectivity index (χ2v) is 2.98. The van der Waals surface area contributed by atoms with Crippen molar-refractivity contribution in [1.82, 2.24) is 0 Å². The standard InChI is InChI=1S/C11H14O3/c1-8-6-4-5-7-9(8)10(12)11(13-2)14-3/h4-7,11H,1-3H3. The van der Waals surface area contributed by atoms with Crippen molar-refractivity contribution in [3.05, 3.63) is 35.4 Å². The Morgan fingerprint density at radius 2 is 1.79 bits per heavy atom. The maximum atomic E-state index is 11.8. The molecule has 3 nitrogen and oxygen atoms in total. The van der Waals surface area contributed by atoms with E-state index in [4.69, 9.17) is 9.47 Å². The van der Waals surface area contributed by atoms with Crippen molar-refractivity contribution < 1.29 is 14.3 Å². The highest BCUT2D eigenvalue weighted by atomic mass is 16.7. The van der Waals surface area contributed by atoms with Crippen LogP contribution in [0.5, 0.6) is 0 Å². The molecule has 0 spiro atoms. The van der Waals surface area contributed by atoms with E-state index in [1.54, 1.807) is 6.07 Å². The molecule has 0 atom stereocenters. The van der Waals surface area contributed by atoms with Crippen LogP contribution in [0.2, 0.25) is 0 Å². The lowest BCUT2D eigenvalue weighted by molar-refractivity contribution is -0.0742. The molecule has 3 heteroatoms. The molecule has 0 amide bonds. The summed E-state index contributed by atoms with van der Waals surface area (Å²) in [7, 11) is 2.90. The van der Waals surface area contributed by atoms with Gasteiger partial charge in [-0.15, -0.1) is 0 Å². The molecule has 0 heterocycles. The lowest BCUT2D eigenvalue weighted by Gasteiger charge is -2.13. The number of hydrogen-bond acceptors (Lipinski definition) is 3. The highest BCUT2D eigenvalue weighted by molar-refractivity contribution is 5.99. The van der Waals surface area contributed by atoms with E-state index in [-0.39, 0.29) is 5.78 Å². The number of ketones is 1. The van der Waals surface area contributed by atoms with E-state index < -0.39 is 6.29 Å². The van der Waals surface area contributed by atoms with Crippen LogP contribution in [0.1, 0.15) is 15.9 Å². The second kappa shape index (κ2) is 4.88. The van der Waals surface area contributed by atoms with E-state index in [1.807, 2.05) is 25.1 Å². The number of carbonyl (C=O) groups is 1. The first-order chi connectivity index (χ1) is 6.70. The van der Waals surface area contributed by atoms with Crippen LogP contribution < -0.4 is 0 Å². The van der Waals surface area contributed by atoms with Gasteiger partial charge in [-0.1, -0.05) is 24.3 Å². The largest absolute Gasteiger partial charge is 0.349 e. The van der Waals surface area contributed by atoms with Gasteiger partial charge in [0.2, 0.25) is 12.1 Å². The highest BCUT2D eigenvalue weighted by Gasteiger charge is 2.19. The number of ether oxygens (including phenoxy) is 2. The molecule has 0 saturated heterocycles. The number of methoxy groups -OCH3 is 2. The third-order valence-corrected chi connectivity index (χ3v) is 2.05. The Labute approximate surface area is 83.6 Å². The molecule has 0 aromatic heterocycles. The molecule has 0 aliphatic carbocycles. The Kier molecular flexibility index (Phi) is 3.80. The molecular weight excluding hydrogens is 180 g/mol. The fourth-order valence-electron chi connectivity index (χ4n) is 1.29. The van der Waals surface area contributed by atoms with Crippen molar-refractivity contribution in [2.75, 3.05) is 14.2 Å². The number of rotatable bonds is 4. The Balaban J connectivity index is 2.94. The molecule has 14 heavy (non-hydrogen) atoms. The molecule has 0 radical (unpaired) electrons. The SMILES string of the molecule is COC(OC)C(=O)c1ccccc1C. The van der Waals surface area contributed by atoms with Gasteiger partial charge in [-0.05, 0) is 12.5 Å². The Bertz CT molecular complexity index is 316. The molecular formula is C11H14O3. The average Bonchev–Trinajstić information content (AvgIpc) is 2.20. The predicted molar refractivity (Wildman–Crippen MR) is 53.3 cm³/mol. The van der Waals surface area contributed by atoms with Gasteiger partial charge in [0, 0.05) is 19.8 Å². The van der Waals surface area contributed by atoms with Crippen LogP contribution in [-0.4, -0.2) is 26.3 Å². The monoisotopic (exact) mass is 194 g/mol. The van der Waals surface area contributed by atoms with Gasteiger partial charge in [0.1, 0.15) is 0 Å². The molecule has 0 bridgehead atoms. The summed E-state index contributed by atoms with van der Waals surface area (Å²) < 4.78 is 9.80. The summed E-state index contributed by atoms with van der Waals surface area (Å²) in [5, 5.41) is 0. The molecule has 0 N–H and O–H groups in total. The van der Waals surface area contributed by atoms with Crippen LogP contribution in [0.3, 0.4) is 0 Å². The third-order valence-electron chi connectivity index (χ3n) is 2.05. The van der Waals surface area contributed by atoms with Gasteiger partial charge in [0.15, 0.2) is 0 Å². The minimum Gasteiger partial charge on any atom is -0.349 e. The van der Waals surface area contributed by atoms with Gasteiger partial charge >= 0.3 is 0 Å². The van der Waals surface area contributed by atoms with Gasteiger partial charge in [-0.3, -0.25) is 4.79 Å². The summed E-state index contributed by atoms with van der Waals surface area (Å²) >= 11 is 0. The van der Waals surface area contributed by atoms with Crippen LogP contribution in [0.25, 0.3) is 0 Å². The van der Waals surface area contributed by atoms with E-state index in [2.05, 4.69) is 0 Å². The van der Waals surface area contributed by atoms with Gasteiger partial charge < -0.3 is 9.47 Å². The molecule has 1 aromatic carbocycles. The third kappa shape index (κ3) is 2.19. The fourth-order valence-corrected chi connectivity index (χ4v) is 1.29. The van der Waals surface area contributed by atoms with Gasteiger partial charge in [-0.25, -0.2) is 0 Å². The summed E-state index contributed by atoms with van der Waals surface area (Å²) in [6.45, 7) is 1.88. The summed E-state index contributed by atoms with van der Waals surface area (Å²) in [6.07, 6.45) is -0.809. The van der Waals surface area contributed by atoms with E-state index >= 15 is 0 Å². The molecule has 0 aliphatic rings. The van der Waals surface area contributed by atoms with Crippen molar-refractivity contribution in [1.29, 1.82) is 0 Å². The van der Waals surface area contributed by atoms with Crippen molar-refractivity contribution in [2.45, 2.75) is 13.2 Å². The first kappa shape index (κ1) is 10.9. The minimum absolute atomic E-state index is 0.145. The lowest BCUT2D eigenvalue weighted by Crippen LogP contribution is -2.25. The second-order valence-electron chi connectivity index (χ2n) is 2.98. The Hall–Kier alpha value is -1.19. The minimum atomic E-state index is -0.809. The average molecular weight is 194 g/mol. The molecule has 1 aromatic rings. The highest BCUT2D eigenvalue weighted by Crippen LogP contribution is 2.11. The van der Waals surface area contributed by atoms with Gasteiger partial charge in [-0.2, -0.15) is 0 Å². The molecule has 0 fully saturated rings. The Morgan fingerprint density at radius 3 is 2.29 bits per heavy atom. The van der Waals surface area contributed by atoms with Crippen molar-refractivity contribution >= 4 is 5.78 Å². The smallest absolute Gasteiger partial charge is 0.222 e. The topological polar surface area (TPSA) is 35.5 Å². The first-order valence-electron chi connectivity index (χ1n) is 4.36. The maximum Gasteiger partial charge on any atom is 0.222 e. The number of carbonyl (C=O) groups excluding carboxylic acids is 1. The van der Waals surface area contributed by atoms with E-state index in [0.29, 0.717) is 5.56 Å². The molecule has 0 saturated carbocycles. The summed E-state index contributed by atoms with van der Waals surface area (Å²) in [4.78, 5) is 11.8. The molecule has 1 rings (SSSR count). The van der Waals surface area contributed by atoms with E-state index in [9.17, 15) is 4.79 Å². The van der Waals surface area contributed by atoms with Crippen molar-refractivity contribution in [3.63, 3.8) is 0 Å². The van der Waals surface area contributed by atoms with Crippen LogP contribution in [0.15, 0.2) is 24.3 Å². The lowest BCUT2D eigenvalue weighted by atomic mass is 10.0. The number of hydrogen-bond donors (Lipinski definition) is 0. The molecule has 0 aliphatic heterocycles. The number of aryl methyl sites for hydroxylation is 1. The van der Waals surface area contributed by atoms with Crippen molar-refractivity contribution in [3.8, 4) is 0 Å². The van der Waals surface area contributed by atoms with Crippen LogP contribution >= 0.6 is 0 Å². The van der Waals surface area contributed by atoms with Crippen molar-refractivity contribution in [2.24, 2.45) is 0 Å². The number of benzene rings is 1. The van der Waals surface area contributed by atoms with Gasteiger partial charge in [0.05, 0.1) is 0 Å². The van der Waals surface area contributed by atoms with E-state index in [1.165, 1.54) is 14.2 Å². The normalized spacial score (nSPS) is 10.6. The first-order valence-corrected chi connectivity index (χ1v) is 4.36. The Morgan fingerprint density at radius 1 is 1.21 bits per heavy atom. The molecule has 0 unspecified atom stereocenters. The van der Waals surface area contributed by atoms with Crippen LogP contribution in [0, 0.1) is 6.92 Å². The maximum absolute atomic E-state index is 11.8. The zero-order chi connectivity index (χ0) is 10.6. The van der Waals surface area contributed by atoms with Gasteiger partial charge in [0.25, 0.3) is 0 Å². The van der Waals surface area contributed by atoms with Crippen LogP contribution in [-0.2, 0) is 9.47 Å². The zero-order valence-corrected chi connectivity index (χ0v) is 8.61.